The van der Waals surface area contributed by atoms with E-state index >= 15 is 0 Å². The van der Waals surface area contributed by atoms with Crippen LogP contribution in [0.4, 0.5) is 0 Å². The predicted molar refractivity (Wildman–Crippen MR) is 104 cm³/mol. The molecule has 26 heavy (non-hydrogen) atoms. The third-order valence-electron chi connectivity index (χ3n) is 5.07. The first kappa shape index (κ1) is 18.4. The van der Waals surface area contributed by atoms with Gasteiger partial charge in [-0.05, 0) is 55.4 Å². The topological polar surface area (TPSA) is 37.4 Å². The van der Waals surface area contributed by atoms with Crippen LogP contribution in [0.5, 0.6) is 0 Å². The van der Waals surface area contributed by atoms with Crippen molar-refractivity contribution in [1.82, 2.24) is 4.90 Å². The fourth-order valence-electron chi connectivity index (χ4n) is 3.49. The summed E-state index contributed by atoms with van der Waals surface area (Å²) >= 11 is 0. The second-order valence-electron chi connectivity index (χ2n) is 7.04. The molecule has 0 saturated carbocycles. The lowest BCUT2D eigenvalue weighted by Gasteiger charge is -2.13. The van der Waals surface area contributed by atoms with Crippen LogP contribution in [0.3, 0.4) is 0 Å². The van der Waals surface area contributed by atoms with Gasteiger partial charge >= 0.3 is 0 Å². The zero-order valence-corrected chi connectivity index (χ0v) is 15.5. The van der Waals surface area contributed by atoms with Gasteiger partial charge in [0.05, 0.1) is 11.1 Å². The van der Waals surface area contributed by atoms with Crippen molar-refractivity contribution in [2.45, 2.75) is 51.9 Å². The Morgan fingerprint density at radius 2 is 1.19 bits per heavy atom. The summed E-state index contributed by atoms with van der Waals surface area (Å²) in [7, 11) is 0. The highest BCUT2D eigenvalue weighted by Crippen LogP contribution is 2.22. The van der Waals surface area contributed by atoms with Crippen LogP contribution < -0.4 is 0 Å². The summed E-state index contributed by atoms with van der Waals surface area (Å²) < 4.78 is 0. The summed E-state index contributed by atoms with van der Waals surface area (Å²) in [6, 6.07) is 16.0. The van der Waals surface area contributed by atoms with Gasteiger partial charge in [0.2, 0.25) is 0 Å². The standard InChI is InChI=1S/C23H27NO2/c1-2-3-4-9-18-13-15-19(16-14-18)10-7-8-17-24-22(25)20-11-5-6-12-21(20)23(24)26/h5-6,11-16H,2-4,7-10,17H2,1H3. The molecule has 1 heterocycles. The molecule has 0 unspecified atom stereocenters. The Labute approximate surface area is 156 Å². The van der Waals surface area contributed by atoms with E-state index in [1.807, 2.05) is 0 Å². The summed E-state index contributed by atoms with van der Waals surface area (Å²) in [6.07, 6.45) is 7.76. The molecule has 2 aromatic rings. The molecule has 3 rings (SSSR count). The van der Waals surface area contributed by atoms with Gasteiger partial charge in [0, 0.05) is 6.54 Å². The lowest BCUT2D eigenvalue weighted by atomic mass is 10.0. The highest BCUT2D eigenvalue weighted by atomic mass is 16.2. The van der Waals surface area contributed by atoms with E-state index in [0.717, 1.165) is 25.7 Å². The number of imide groups is 1. The maximum atomic E-state index is 12.3. The second kappa shape index (κ2) is 8.79. The van der Waals surface area contributed by atoms with Crippen molar-refractivity contribution in [2.75, 3.05) is 6.54 Å². The number of hydrogen-bond donors (Lipinski definition) is 0. The van der Waals surface area contributed by atoms with Crippen molar-refractivity contribution in [3.05, 3.63) is 70.8 Å². The zero-order valence-electron chi connectivity index (χ0n) is 15.5. The van der Waals surface area contributed by atoms with Crippen molar-refractivity contribution < 1.29 is 9.59 Å². The minimum absolute atomic E-state index is 0.151. The van der Waals surface area contributed by atoms with E-state index in [-0.39, 0.29) is 11.8 Å². The van der Waals surface area contributed by atoms with E-state index in [0.29, 0.717) is 17.7 Å². The van der Waals surface area contributed by atoms with Crippen LogP contribution in [0.15, 0.2) is 48.5 Å². The normalized spacial score (nSPS) is 13.3. The lowest BCUT2D eigenvalue weighted by Crippen LogP contribution is -2.30. The van der Waals surface area contributed by atoms with Gasteiger partial charge in [-0.15, -0.1) is 0 Å². The number of rotatable bonds is 9. The Morgan fingerprint density at radius 3 is 1.69 bits per heavy atom. The number of hydrogen-bond acceptors (Lipinski definition) is 2. The van der Waals surface area contributed by atoms with E-state index < -0.39 is 0 Å². The quantitative estimate of drug-likeness (QED) is 0.470. The van der Waals surface area contributed by atoms with Crippen molar-refractivity contribution in [3.63, 3.8) is 0 Å². The average Bonchev–Trinajstić information content (AvgIpc) is 2.91. The number of fused-ring (bicyclic) bond motifs is 1. The van der Waals surface area contributed by atoms with Gasteiger partial charge in [-0.2, -0.15) is 0 Å². The number of unbranched alkanes of at least 4 members (excludes halogenated alkanes) is 3. The molecule has 0 N–H and O–H groups in total. The largest absolute Gasteiger partial charge is 0.274 e. The third kappa shape index (κ3) is 4.21. The van der Waals surface area contributed by atoms with Crippen molar-refractivity contribution in [1.29, 1.82) is 0 Å². The molecule has 0 radical (unpaired) electrons. The molecule has 1 aliphatic rings. The first-order valence-electron chi connectivity index (χ1n) is 9.73. The van der Waals surface area contributed by atoms with Crippen LogP contribution in [0.2, 0.25) is 0 Å². The fourth-order valence-corrected chi connectivity index (χ4v) is 3.49. The first-order chi connectivity index (χ1) is 12.7. The van der Waals surface area contributed by atoms with E-state index in [9.17, 15) is 9.59 Å². The number of benzene rings is 2. The number of carbonyl (C=O) groups is 2. The van der Waals surface area contributed by atoms with Gasteiger partial charge < -0.3 is 0 Å². The number of amides is 2. The van der Waals surface area contributed by atoms with Crippen molar-refractivity contribution in [3.8, 4) is 0 Å². The molecule has 3 heteroatoms. The minimum Gasteiger partial charge on any atom is -0.274 e. The summed E-state index contributed by atoms with van der Waals surface area (Å²) in [4.78, 5) is 26.0. The molecule has 0 aliphatic carbocycles. The molecular formula is C23H27NO2. The van der Waals surface area contributed by atoms with Gasteiger partial charge in [-0.1, -0.05) is 56.2 Å². The minimum atomic E-state index is -0.151. The van der Waals surface area contributed by atoms with E-state index in [4.69, 9.17) is 0 Å². The monoisotopic (exact) mass is 349 g/mol. The number of aryl methyl sites for hydroxylation is 2. The summed E-state index contributed by atoms with van der Waals surface area (Å²) in [5.41, 5.74) is 3.81. The Bertz CT molecular complexity index is 729. The number of carbonyl (C=O) groups excluding carboxylic acids is 2. The predicted octanol–water partition coefficient (Wildman–Crippen LogP) is 5.04. The van der Waals surface area contributed by atoms with Crippen LogP contribution >= 0.6 is 0 Å². The zero-order chi connectivity index (χ0) is 18.4. The van der Waals surface area contributed by atoms with E-state index in [2.05, 4.69) is 31.2 Å². The Morgan fingerprint density at radius 1 is 0.692 bits per heavy atom. The molecule has 0 spiro atoms. The van der Waals surface area contributed by atoms with Crippen LogP contribution in [-0.2, 0) is 12.8 Å². The maximum absolute atomic E-state index is 12.3. The van der Waals surface area contributed by atoms with E-state index in [1.165, 1.54) is 35.3 Å². The molecular weight excluding hydrogens is 322 g/mol. The Balaban J connectivity index is 1.43. The molecule has 0 saturated heterocycles. The van der Waals surface area contributed by atoms with E-state index in [1.54, 1.807) is 24.3 Å². The Hall–Kier alpha value is -2.42. The molecule has 0 aromatic heterocycles. The summed E-state index contributed by atoms with van der Waals surface area (Å²) in [6.45, 7) is 2.73. The third-order valence-corrected chi connectivity index (χ3v) is 5.07. The molecule has 2 amide bonds. The average molecular weight is 349 g/mol. The van der Waals surface area contributed by atoms with Gasteiger partial charge in [0.1, 0.15) is 0 Å². The first-order valence-corrected chi connectivity index (χ1v) is 9.73. The van der Waals surface area contributed by atoms with Crippen LogP contribution in [0.25, 0.3) is 0 Å². The van der Waals surface area contributed by atoms with Gasteiger partial charge in [-0.3, -0.25) is 14.5 Å². The molecule has 0 fully saturated rings. The second-order valence-corrected chi connectivity index (χ2v) is 7.04. The van der Waals surface area contributed by atoms with Crippen molar-refractivity contribution in [2.24, 2.45) is 0 Å². The van der Waals surface area contributed by atoms with Crippen LogP contribution in [0.1, 0.15) is 70.9 Å². The van der Waals surface area contributed by atoms with Crippen molar-refractivity contribution >= 4 is 11.8 Å². The molecule has 136 valence electrons. The van der Waals surface area contributed by atoms with Gasteiger partial charge in [-0.25, -0.2) is 0 Å². The SMILES string of the molecule is CCCCCc1ccc(CCCCN2C(=O)c3ccccc3C2=O)cc1. The molecule has 3 nitrogen and oxygen atoms in total. The highest BCUT2D eigenvalue weighted by molar-refractivity contribution is 6.21. The molecule has 1 aliphatic heterocycles. The molecule has 0 atom stereocenters. The van der Waals surface area contributed by atoms with Crippen LogP contribution in [-0.4, -0.2) is 23.3 Å². The smallest absolute Gasteiger partial charge is 0.261 e. The molecule has 0 bridgehead atoms. The fraction of sp³-hybridized carbons (Fsp3) is 0.391. The summed E-state index contributed by atoms with van der Waals surface area (Å²) in [5.74, 6) is -0.302. The lowest BCUT2D eigenvalue weighted by molar-refractivity contribution is 0.0652. The number of nitrogens with zero attached hydrogens (tertiary/aromatic N) is 1. The summed E-state index contributed by atoms with van der Waals surface area (Å²) in [5, 5.41) is 0. The van der Waals surface area contributed by atoms with Gasteiger partial charge in [0.25, 0.3) is 11.8 Å². The Kier molecular flexibility index (Phi) is 6.21. The highest BCUT2D eigenvalue weighted by Gasteiger charge is 2.34. The maximum Gasteiger partial charge on any atom is 0.261 e. The van der Waals surface area contributed by atoms with Gasteiger partial charge in [0.15, 0.2) is 0 Å². The van der Waals surface area contributed by atoms with Crippen LogP contribution in [0, 0.1) is 0 Å². The molecule has 2 aromatic carbocycles.